The molecule has 1 aliphatic heterocycles. The monoisotopic (exact) mass is 196 g/mol. The Kier molecular flexibility index (Phi) is 2.40. The maximum Gasteiger partial charge on any atom is 0.168 e. The van der Waals surface area contributed by atoms with Gasteiger partial charge in [0.05, 0.1) is 5.69 Å². The molecule has 0 radical (unpaired) electrons. The van der Waals surface area contributed by atoms with Crippen LogP contribution >= 0.6 is 11.8 Å². The molecule has 0 aliphatic carbocycles. The fourth-order valence-electron chi connectivity index (χ4n) is 1.67. The summed E-state index contributed by atoms with van der Waals surface area (Å²) >= 11 is 1.89. The summed E-state index contributed by atoms with van der Waals surface area (Å²) in [6.07, 6.45) is 1.93. The van der Waals surface area contributed by atoms with Gasteiger partial charge in [-0.15, -0.1) is 0 Å². The summed E-state index contributed by atoms with van der Waals surface area (Å²) in [5, 5.41) is 4.40. The summed E-state index contributed by atoms with van der Waals surface area (Å²) < 4.78 is 1.81. The SMILES string of the molecule is CCn1nc2c(c1C=O)CCSC2. The van der Waals surface area contributed by atoms with E-state index < -0.39 is 0 Å². The van der Waals surface area contributed by atoms with Gasteiger partial charge in [0.25, 0.3) is 0 Å². The summed E-state index contributed by atoms with van der Waals surface area (Å²) in [6.45, 7) is 2.80. The Hall–Kier alpha value is -0.770. The standard InChI is InChI=1S/C9H12N2OS/c1-2-11-9(5-12)7-3-4-13-6-8(7)10-11/h5H,2-4,6H2,1H3. The number of hydrogen-bond acceptors (Lipinski definition) is 3. The number of aldehydes is 1. The first kappa shape index (κ1) is 8.81. The summed E-state index contributed by atoms with van der Waals surface area (Å²) in [5.41, 5.74) is 3.08. The number of nitrogens with zero attached hydrogens (tertiary/aromatic N) is 2. The molecule has 0 spiro atoms. The van der Waals surface area contributed by atoms with Crippen molar-refractivity contribution >= 4 is 18.0 Å². The molecule has 0 saturated heterocycles. The molecule has 0 amide bonds. The van der Waals surface area contributed by atoms with Gasteiger partial charge in [0.1, 0.15) is 5.69 Å². The van der Waals surface area contributed by atoms with E-state index in [1.54, 1.807) is 0 Å². The van der Waals surface area contributed by atoms with E-state index in [-0.39, 0.29) is 0 Å². The van der Waals surface area contributed by atoms with Gasteiger partial charge in [-0.2, -0.15) is 16.9 Å². The molecule has 0 aromatic carbocycles. The van der Waals surface area contributed by atoms with E-state index >= 15 is 0 Å². The molecule has 1 aromatic heterocycles. The molecule has 0 N–H and O–H groups in total. The second kappa shape index (κ2) is 3.54. The number of hydrogen-bond donors (Lipinski definition) is 0. The van der Waals surface area contributed by atoms with Crippen molar-refractivity contribution in [2.24, 2.45) is 0 Å². The van der Waals surface area contributed by atoms with Gasteiger partial charge in [0, 0.05) is 17.9 Å². The van der Waals surface area contributed by atoms with Crippen molar-refractivity contribution < 1.29 is 4.79 Å². The minimum absolute atomic E-state index is 0.783. The van der Waals surface area contributed by atoms with Crippen molar-refractivity contribution in [3.05, 3.63) is 17.0 Å². The van der Waals surface area contributed by atoms with Crippen LogP contribution in [-0.2, 0) is 18.7 Å². The first-order valence-corrected chi connectivity index (χ1v) is 5.63. The van der Waals surface area contributed by atoms with Crippen LogP contribution in [-0.4, -0.2) is 21.8 Å². The Morgan fingerprint density at radius 3 is 3.23 bits per heavy atom. The maximum absolute atomic E-state index is 10.9. The molecule has 1 aromatic rings. The van der Waals surface area contributed by atoms with E-state index in [0.29, 0.717) is 0 Å². The van der Waals surface area contributed by atoms with E-state index in [1.165, 1.54) is 5.56 Å². The number of fused-ring (bicyclic) bond motifs is 1. The van der Waals surface area contributed by atoms with Gasteiger partial charge in [-0.1, -0.05) is 0 Å². The van der Waals surface area contributed by atoms with Crippen LogP contribution in [0, 0.1) is 0 Å². The Labute approximate surface area is 81.5 Å². The highest BCUT2D eigenvalue weighted by atomic mass is 32.2. The van der Waals surface area contributed by atoms with Gasteiger partial charge in [0.2, 0.25) is 0 Å². The number of carbonyl (C=O) groups is 1. The predicted octanol–water partition coefficient (Wildman–Crippen LogP) is 1.50. The van der Waals surface area contributed by atoms with Crippen LogP contribution in [0.5, 0.6) is 0 Å². The van der Waals surface area contributed by atoms with Crippen molar-refractivity contribution in [3.63, 3.8) is 0 Å². The van der Waals surface area contributed by atoms with Crippen molar-refractivity contribution in [3.8, 4) is 0 Å². The molecule has 13 heavy (non-hydrogen) atoms. The first-order valence-electron chi connectivity index (χ1n) is 4.48. The fraction of sp³-hybridized carbons (Fsp3) is 0.556. The normalized spacial score (nSPS) is 15.5. The van der Waals surface area contributed by atoms with Crippen molar-refractivity contribution in [1.29, 1.82) is 0 Å². The molecule has 0 bridgehead atoms. The zero-order chi connectivity index (χ0) is 9.26. The molecule has 1 aliphatic rings. The maximum atomic E-state index is 10.9. The van der Waals surface area contributed by atoms with Gasteiger partial charge >= 0.3 is 0 Å². The van der Waals surface area contributed by atoms with Crippen LogP contribution in [0.15, 0.2) is 0 Å². The minimum Gasteiger partial charge on any atom is -0.296 e. The van der Waals surface area contributed by atoms with Crippen molar-refractivity contribution in [2.75, 3.05) is 5.75 Å². The molecule has 0 fully saturated rings. The lowest BCUT2D eigenvalue weighted by Crippen LogP contribution is -2.04. The molecular weight excluding hydrogens is 184 g/mol. The van der Waals surface area contributed by atoms with Crippen LogP contribution < -0.4 is 0 Å². The lowest BCUT2D eigenvalue weighted by Gasteiger charge is -2.08. The van der Waals surface area contributed by atoms with Crippen LogP contribution in [0.1, 0.15) is 28.7 Å². The van der Waals surface area contributed by atoms with Gasteiger partial charge in [0.15, 0.2) is 6.29 Å². The van der Waals surface area contributed by atoms with E-state index in [1.807, 2.05) is 23.4 Å². The summed E-state index contributed by atoms with van der Waals surface area (Å²) in [4.78, 5) is 10.9. The van der Waals surface area contributed by atoms with Gasteiger partial charge in [-0.3, -0.25) is 9.48 Å². The van der Waals surface area contributed by atoms with Crippen molar-refractivity contribution in [2.45, 2.75) is 25.6 Å². The Morgan fingerprint density at radius 2 is 2.54 bits per heavy atom. The van der Waals surface area contributed by atoms with Crippen molar-refractivity contribution in [1.82, 2.24) is 9.78 Å². The lowest BCUT2D eigenvalue weighted by molar-refractivity contribution is 0.111. The van der Waals surface area contributed by atoms with Gasteiger partial charge < -0.3 is 0 Å². The van der Waals surface area contributed by atoms with E-state index in [2.05, 4.69) is 5.10 Å². The number of carbonyl (C=O) groups excluding carboxylic acids is 1. The number of aromatic nitrogens is 2. The predicted molar refractivity (Wildman–Crippen MR) is 53.2 cm³/mol. The fourth-order valence-corrected chi connectivity index (χ4v) is 2.59. The second-order valence-corrected chi connectivity index (χ2v) is 4.15. The third kappa shape index (κ3) is 1.39. The van der Waals surface area contributed by atoms with Crippen LogP contribution in [0.2, 0.25) is 0 Å². The average molecular weight is 196 g/mol. The number of rotatable bonds is 2. The molecule has 2 heterocycles. The number of aryl methyl sites for hydroxylation is 1. The van der Waals surface area contributed by atoms with Crippen LogP contribution in [0.4, 0.5) is 0 Å². The third-order valence-electron chi connectivity index (χ3n) is 2.32. The number of thioether (sulfide) groups is 1. The first-order chi connectivity index (χ1) is 6.36. The summed E-state index contributed by atoms with van der Waals surface area (Å²) in [6, 6.07) is 0. The molecule has 4 heteroatoms. The van der Waals surface area contributed by atoms with Gasteiger partial charge in [-0.25, -0.2) is 0 Å². The molecule has 70 valence electrons. The molecule has 2 rings (SSSR count). The Balaban J connectivity index is 2.50. The quantitative estimate of drug-likeness (QED) is 0.672. The van der Waals surface area contributed by atoms with E-state index in [4.69, 9.17) is 0 Å². The molecule has 0 atom stereocenters. The smallest absolute Gasteiger partial charge is 0.168 e. The zero-order valence-electron chi connectivity index (χ0n) is 7.62. The van der Waals surface area contributed by atoms with E-state index in [9.17, 15) is 4.79 Å². The molecular formula is C9H12N2OS. The Bertz CT molecular complexity index is 333. The average Bonchev–Trinajstić information content (AvgIpc) is 2.55. The minimum atomic E-state index is 0.783. The zero-order valence-corrected chi connectivity index (χ0v) is 8.43. The highest BCUT2D eigenvalue weighted by Crippen LogP contribution is 2.25. The largest absolute Gasteiger partial charge is 0.296 e. The lowest BCUT2D eigenvalue weighted by atomic mass is 10.1. The summed E-state index contributed by atoms with van der Waals surface area (Å²) in [5.74, 6) is 2.08. The highest BCUT2D eigenvalue weighted by molar-refractivity contribution is 7.98. The molecule has 0 saturated carbocycles. The van der Waals surface area contributed by atoms with E-state index in [0.717, 1.165) is 42.1 Å². The highest BCUT2D eigenvalue weighted by Gasteiger charge is 2.19. The molecule has 0 unspecified atom stereocenters. The third-order valence-corrected chi connectivity index (χ3v) is 3.29. The van der Waals surface area contributed by atoms with Crippen LogP contribution in [0.25, 0.3) is 0 Å². The molecule has 3 nitrogen and oxygen atoms in total. The topological polar surface area (TPSA) is 34.9 Å². The Morgan fingerprint density at radius 1 is 1.69 bits per heavy atom. The summed E-state index contributed by atoms with van der Waals surface area (Å²) in [7, 11) is 0. The second-order valence-electron chi connectivity index (χ2n) is 3.05. The van der Waals surface area contributed by atoms with Gasteiger partial charge in [-0.05, 0) is 19.1 Å². The van der Waals surface area contributed by atoms with Crippen LogP contribution in [0.3, 0.4) is 0 Å².